The number of nitrogens with zero attached hydrogens (tertiary/aromatic N) is 4. The Hall–Kier alpha value is -10.0. The molecule has 2 aromatic rings. The van der Waals surface area contributed by atoms with Crippen LogP contribution in [-0.2, 0) is 75.2 Å². The molecule has 2 rings (SSSR count). The van der Waals surface area contributed by atoms with E-state index in [1.54, 1.807) is 0 Å². The van der Waals surface area contributed by atoms with Gasteiger partial charge in [0.05, 0.1) is 37.6 Å². The Bertz CT molecular complexity index is 2660. The standard InChI is InChI=1S/C46H73N21O17/c1-20(68)35(43(82)65-29(15-34(73)74)42(81)66-30(44(83)84)14-32(49)70)67-39(78)25(5-3-11-57-46(52)53)61-37(76)24(4-2-10-56-45(50)51)62-40(79)27(12-21-16-54-18-58-21)64-41(80)28(13-22-17-55-19-59-22)63-38(77)26(7-8-31(48)69)60-36(75)23(47)6-9-33(71)72/h16-20,23-30,35,68H,2-15,47H2,1H3,(H2,48,69)(H2,49,70)(H,54,58)(H,55,59)(H,60,75)(H,61,76)(H,62,79)(H,63,77)(H,64,80)(H,65,82)(H,66,81)(H,67,78)(H,71,72)(H,73,74)(H,83,84)(H4,50,51,56)(H4,52,53,57)/t20-,23+,24+,25+,26+,27+,28+,29+,30+,35+/m1/s1. The summed E-state index contributed by atoms with van der Waals surface area (Å²) in [6.45, 7) is 0.762. The van der Waals surface area contributed by atoms with Crippen LogP contribution in [-0.4, -0.2) is 203 Å². The van der Waals surface area contributed by atoms with Gasteiger partial charge >= 0.3 is 17.9 Å². The predicted molar refractivity (Wildman–Crippen MR) is 289 cm³/mol. The van der Waals surface area contributed by atoms with E-state index < -0.39 is 170 Å². The fraction of sp³-hybridized carbons (Fsp3) is 0.543. The molecule has 0 aliphatic carbocycles. The second-order valence-corrected chi connectivity index (χ2v) is 18.8. The van der Waals surface area contributed by atoms with Gasteiger partial charge in [0.1, 0.15) is 48.3 Å². The number of aliphatic imine (C=N–C) groups is 2. The number of imidazole rings is 2. The third-order valence-corrected chi connectivity index (χ3v) is 11.8. The highest BCUT2D eigenvalue weighted by Crippen LogP contribution is 2.11. The minimum Gasteiger partial charge on any atom is -0.481 e. The average molecular weight is 1190 g/mol. The number of hydrogen-bond donors (Lipinski definition) is 21. The van der Waals surface area contributed by atoms with Gasteiger partial charge in [-0.2, -0.15) is 0 Å². The van der Waals surface area contributed by atoms with Gasteiger partial charge in [-0.1, -0.05) is 0 Å². The Morgan fingerprint density at radius 1 is 0.488 bits per heavy atom. The van der Waals surface area contributed by atoms with Crippen LogP contribution < -0.4 is 82.7 Å². The number of carboxylic acid groups (broad SMARTS) is 3. The van der Waals surface area contributed by atoms with Crippen molar-refractivity contribution in [3.05, 3.63) is 36.4 Å². The first-order chi connectivity index (χ1) is 39.5. The molecule has 0 aromatic carbocycles. The van der Waals surface area contributed by atoms with Gasteiger partial charge in [-0.3, -0.25) is 67.5 Å². The van der Waals surface area contributed by atoms with E-state index in [2.05, 4.69) is 61.8 Å². The number of H-pyrrole nitrogens is 2. The van der Waals surface area contributed by atoms with Gasteiger partial charge in [0.15, 0.2) is 11.9 Å². The van der Waals surface area contributed by atoms with Crippen LogP contribution in [0.1, 0.15) is 82.5 Å². The summed E-state index contributed by atoms with van der Waals surface area (Å²) in [5.41, 5.74) is 38.7. The predicted octanol–water partition coefficient (Wildman–Crippen LogP) is -9.82. The summed E-state index contributed by atoms with van der Waals surface area (Å²) in [7, 11) is 0. The molecule has 0 bridgehead atoms. The zero-order chi connectivity index (χ0) is 63.2. The lowest BCUT2D eigenvalue weighted by atomic mass is 10.0. The molecular formula is C46H73N21O17. The number of nitrogens with one attached hydrogen (secondary N) is 10. The molecule has 10 amide bonds. The van der Waals surface area contributed by atoms with Gasteiger partial charge in [-0.15, -0.1) is 0 Å². The number of primary amides is 2. The number of carboxylic acids is 3. The van der Waals surface area contributed by atoms with Crippen LogP contribution in [0.2, 0.25) is 0 Å². The summed E-state index contributed by atoms with van der Waals surface area (Å²) in [6, 6.07) is -15.6. The lowest BCUT2D eigenvalue weighted by Crippen LogP contribution is -2.62. The Labute approximate surface area is 477 Å². The van der Waals surface area contributed by atoms with Crippen LogP contribution in [0, 0.1) is 0 Å². The van der Waals surface area contributed by atoms with Crippen molar-refractivity contribution in [3.63, 3.8) is 0 Å². The van der Waals surface area contributed by atoms with Gasteiger partial charge < -0.3 is 113 Å². The topological polar surface area (TPSA) is 663 Å². The molecule has 0 unspecified atom stereocenters. The fourth-order valence-corrected chi connectivity index (χ4v) is 7.51. The monoisotopic (exact) mass is 1190 g/mol. The quantitative estimate of drug-likeness (QED) is 0.0167. The molecule has 38 nitrogen and oxygen atoms in total. The van der Waals surface area contributed by atoms with E-state index in [0.29, 0.717) is 0 Å². The van der Waals surface area contributed by atoms with Crippen molar-refractivity contribution < 1.29 is 82.8 Å². The maximum atomic E-state index is 14.5. The summed E-state index contributed by atoms with van der Waals surface area (Å²) in [4.78, 5) is 190. The summed E-state index contributed by atoms with van der Waals surface area (Å²) >= 11 is 0. The highest BCUT2D eigenvalue weighted by atomic mass is 16.4. The molecule has 0 saturated carbocycles. The highest BCUT2D eigenvalue weighted by Gasteiger charge is 2.37. The number of nitrogens with two attached hydrogens (primary N) is 7. The minimum atomic E-state index is -2.07. The van der Waals surface area contributed by atoms with Crippen molar-refractivity contribution in [2.24, 2.45) is 50.1 Å². The largest absolute Gasteiger partial charge is 0.481 e. The SMILES string of the molecule is C[C@@H](O)[C@H](NC(=O)[C@H](CCCN=C(N)N)NC(=O)[C@H](CCCN=C(N)N)NC(=O)[C@H](Cc1cnc[nH]1)NC(=O)[C@H](Cc1cnc[nH]1)NC(=O)[C@H](CCC(N)=O)NC(=O)[C@@H](N)CCC(=O)O)C(=O)N[C@@H](CC(=O)O)C(=O)N[C@@H](CC(N)=O)C(=O)O. The molecule has 0 aliphatic heterocycles. The van der Waals surface area contributed by atoms with Gasteiger partial charge in [0, 0.05) is 62.6 Å². The van der Waals surface area contributed by atoms with Gasteiger partial charge in [-0.25, -0.2) is 14.8 Å². The lowest BCUT2D eigenvalue weighted by Gasteiger charge is -2.28. The molecule has 28 N–H and O–H groups in total. The van der Waals surface area contributed by atoms with E-state index in [4.69, 9.17) is 45.2 Å². The first kappa shape index (κ1) is 70.1. The number of carbonyl (C=O) groups excluding carboxylic acids is 10. The number of aliphatic hydroxyl groups is 1. The first-order valence-corrected chi connectivity index (χ1v) is 25.6. The molecule has 0 aliphatic rings. The molecule has 0 saturated heterocycles. The minimum absolute atomic E-state index is 0.0312. The van der Waals surface area contributed by atoms with Crippen LogP contribution in [0.5, 0.6) is 0 Å². The fourth-order valence-electron chi connectivity index (χ4n) is 7.51. The summed E-state index contributed by atoms with van der Waals surface area (Å²) < 4.78 is 0. The molecule has 0 fully saturated rings. The number of aliphatic carboxylic acids is 3. The Kier molecular flexibility index (Phi) is 29.8. The number of amides is 10. The molecule has 10 atom stereocenters. The first-order valence-electron chi connectivity index (χ1n) is 25.6. The number of rotatable bonds is 40. The second kappa shape index (κ2) is 35.7. The van der Waals surface area contributed by atoms with Crippen LogP contribution in [0.25, 0.3) is 0 Å². The van der Waals surface area contributed by atoms with Gasteiger partial charge in [-0.05, 0) is 45.4 Å². The number of guanidine groups is 2. The van der Waals surface area contributed by atoms with Gasteiger partial charge in [0.2, 0.25) is 59.1 Å². The summed E-state index contributed by atoms with van der Waals surface area (Å²) in [5, 5.41) is 57.2. The smallest absolute Gasteiger partial charge is 0.326 e. The third-order valence-electron chi connectivity index (χ3n) is 11.8. The zero-order valence-electron chi connectivity index (χ0n) is 45.4. The summed E-state index contributed by atoms with van der Waals surface area (Å²) in [5.74, 6) is -16.6. The zero-order valence-corrected chi connectivity index (χ0v) is 45.4. The average Bonchev–Trinajstić information content (AvgIpc) is 4.29. The van der Waals surface area contributed by atoms with E-state index in [-0.39, 0.29) is 81.3 Å². The molecule has 2 heterocycles. The molecule has 2 aromatic heterocycles. The van der Waals surface area contributed by atoms with Crippen molar-refractivity contribution >= 4 is 88.9 Å². The van der Waals surface area contributed by atoms with Crippen molar-refractivity contribution in [3.8, 4) is 0 Å². The van der Waals surface area contributed by atoms with E-state index in [1.807, 2.05) is 10.6 Å². The number of aliphatic hydroxyl groups excluding tert-OH is 1. The van der Waals surface area contributed by atoms with Crippen molar-refractivity contribution in [1.82, 2.24) is 62.5 Å². The number of carbonyl (C=O) groups is 13. The van der Waals surface area contributed by atoms with Crippen LogP contribution in [0.3, 0.4) is 0 Å². The molecule has 0 spiro atoms. The molecule has 38 heteroatoms. The summed E-state index contributed by atoms with van der Waals surface area (Å²) in [6.07, 6.45) is -1.90. The number of hydrogen-bond acceptors (Lipinski definition) is 19. The molecule has 84 heavy (non-hydrogen) atoms. The molecule has 464 valence electrons. The number of aromatic nitrogens is 4. The van der Waals surface area contributed by atoms with Crippen LogP contribution >= 0.6 is 0 Å². The third kappa shape index (κ3) is 27.0. The van der Waals surface area contributed by atoms with Crippen molar-refractivity contribution in [2.75, 3.05) is 13.1 Å². The van der Waals surface area contributed by atoms with Crippen LogP contribution in [0.4, 0.5) is 0 Å². The van der Waals surface area contributed by atoms with E-state index >= 15 is 0 Å². The van der Waals surface area contributed by atoms with E-state index in [0.717, 1.165) is 6.92 Å². The Morgan fingerprint density at radius 3 is 1.29 bits per heavy atom. The Balaban J connectivity index is 2.59. The maximum Gasteiger partial charge on any atom is 0.326 e. The lowest BCUT2D eigenvalue weighted by molar-refractivity contribution is -0.145. The molecular weight excluding hydrogens is 1120 g/mol. The normalized spacial score (nSPS) is 14.4. The van der Waals surface area contributed by atoms with E-state index in [1.165, 1.54) is 25.0 Å². The number of aromatic amines is 2. The van der Waals surface area contributed by atoms with Gasteiger partial charge in [0.25, 0.3) is 0 Å². The second-order valence-electron chi connectivity index (χ2n) is 18.8. The highest BCUT2D eigenvalue weighted by molar-refractivity contribution is 5.99. The van der Waals surface area contributed by atoms with Crippen LogP contribution in [0.15, 0.2) is 35.0 Å². The van der Waals surface area contributed by atoms with Crippen molar-refractivity contribution in [2.45, 2.75) is 144 Å². The molecule has 0 radical (unpaired) electrons. The van der Waals surface area contributed by atoms with E-state index in [9.17, 15) is 77.6 Å². The Morgan fingerprint density at radius 2 is 0.893 bits per heavy atom. The maximum absolute atomic E-state index is 14.5. The van der Waals surface area contributed by atoms with Crippen molar-refractivity contribution in [1.29, 1.82) is 0 Å².